The van der Waals surface area contributed by atoms with Crippen molar-refractivity contribution in [3.8, 4) is 5.88 Å². The minimum absolute atomic E-state index is 0.360. The molecule has 0 radical (unpaired) electrons. The van der Waals surface area contributed by atoms with Crippen LogP contribution in [0.1, 0.15) is 22.2 Å². The first-order chi connectivity index (χ1) is 10.1. The summed E-state index contributed by atoms with van der Waals surface area (Å²) < 4.78 is 11.9. The van der Waals surface area contributed by atoms with Crippen molar-refractivity contribution >= 4 is 17.3 Å². The molecule has 1 unspecified atom stereocenters. The van der Waals surface area contributed by atoms with E-state index < -0.39 is 6.04 Å². The van der Waals surface area contributed by atoms with E-state index in [-0.39, 0.29) is 5.97 Å². The summed E-state index contributed by atoms with van der Waals surface area (Å²) in [6.45, 7) is 2.43. The second kappa shape index (κ2) is 6.73. The van der Waals surface area contributed by atoms with E-state index >= 15 is 0 Å². The smallest absolute Gasteiger partial charge is 0.327 e. The number of methoxy groups -OCH3 is 2. The molecule has 0 saturated heterocycles. The summed E-state index contributed by atoms with van der Waals surface area (Å²) in [5.74, 6) is 0.197. The number of hydrogen-bond acceptors (Lipinski definition) is 6. The fraction of sp³-hybridized carbons (Fsp3) is 0.429. The number of nitrogens with zero attached hydrogens (tertiary/aromatic N) is 2. The van der Waals surface area contributed by atoms with E-state index in [0.717, 1.165) is 10.6 Å². The number of carbonyl (C=O) groups excluding carboxylic acids is 1. The van der Waals surface area contributed by atoms with Crippen LogP contribution < -0.4 is 10.1 Å². The molecule has 7 heteroatoms. The van der Waals surface area contributed by atoms with E-state index in [1.807, 2.05) is 24.4 Å². The first kappa shape index (κ1) is 15.5. The molecule has 1 N–H and O–H groups in total. The van der Waals surface area contributed by atoms with E-state index in [2.05, 4.69) is 10.4 Å². The Hall–Kier alpha value is -1.86. The van der Waals surface area contributed by atoms with Gasteiger partial charge in [-0.3, -0.25) is 5.32 Å². The van der Waals surface area contributed by atoms with Crippen molar-refractivity contribution < 1.29 is 14.3 Å². The van der Waals surface area contributed by atoms with Crippen LogP contribution in [0.4, 0.5) is 0 Å². The largest absolute Gasteiger partial charge is 0.481 e. The number of aryl methyl sites for hydroxylation is 2. The van der Waals surface area contributed by atoms with Crippen molar-refractivity contribution in [1.82, 2.24) is 15.1 Å². The van der Waals surface area contributed by atoms with Crippen molar-refractivity contribution in [3.63, 3.8) is 0 Å². The van der Waals surface area contributed by atoms with Crippen LogP contribution in [0.5, 0.6) is 5.88 Å². The zero-order valence-electron chi connectivity index (χ0n) is 12.5. The Balaban J connectivity index is 2.29. The lowest BCUT2D eigenvalue weighted by atomic mass is 10.1. The highest BCUT2D eigenvalue weighted by molar-refractivity contribution is 7.09. The average Bonchev–Trinajstić information content (AvgIpc) is 3.07. The van der Waals surface area contributed by atoms with Gasteiger partial charge in [0.2, 0.25) is 5.88 Å². The third-order valence-electron chi connectivity index (χ3n) is 3.19. The second-order valence-electron chi connectivity index (χ2n) is 4.55. The first-order valence-corrected chi connectivity index (χ1v) is 7.37. The molecule has 0 aliphatic heterocycles. The summed E-state index contributed by atoms with van der Waals surface area (Å²) in [4.78, 5) is 13.3. The van der Waals surface area contributed by atoms with Gasteiger partial charge in [0, 0.05) is 18.5 Å². The van der Waals surface area contributed by atoms with Gasteiger partial charge in [-0.15, -0.1) is 11.3 Å². The molecular formula is C14H19N3O3S. The zero-order valence-corrected chi connectivity index (χ0v) is 13.4. The zero-order chi connectivity index (χ0) is 15.4. The van der Waals surface area contributed by atoms with Gasteiger partial charge in [0.25, 0.3) is 0 Å². The summed E-state index contributed by atoms with van der Waals surface area (Å²) in [5.41, 5.74) is 1.45. The van der Waals surface area contributed by atoms with Gasteiger partial charge in [-0.25, -0.2) is 9.48 Å². The molecule has 0 bridgehead atoms. The number of esters is 1. The molecular weight excluding hydrogens is 290 g/mol. The Morgan fingerprint density at radius 1 is 1.52 bits per heavy atom. The van der Waals surface area contributed by atoms with E-state index in [1.165, 1.54) is 7.11 Å². The number of carbonyl (C=O) groups is 1. The number of thiophene rings is 1. The summed E-state index contributed by atoms with van der Waals surface area (Å²) >= 11 is 1.63. The van der Waals surface area contributed by atoms with Crippen molar-refractivity contribution in [3.05, 3.63) is 33.6 Å². The van der Waals surface area contributed by atoms with Gasteiger partial charge in [-0.2, -0.15) is 5.10 Å². The number of rotatable bonds is 6. The molecule has 21 heavy (non-hydrogen) atoms. The molecule has 0 fully saturated rings. The van der Waals surface area contributed by atoms with Crippen LogP contribution in [0, 0.1) is 6.92 Å². The van der Waals surface area contributed by atoms with E-state index in [0.29, 0.717) is 18.0 Å². The number of ether oxygens (including phenoxy) is 2. The van der Waals surface area contributed by atoms with Gasteiger partial charge >= 0.3 is 5.97 Å². The summed E-state index contributed by atoms with van der Waals surface area (Å²) in [6.07, 6.45) is 0. The lowest BCUT2D eigenvalue weighted by Crippen LogP contribution is -2.29. The standard InChI is InChI=1S/C14H19N3O3S/c1-9-11(13(19-3)17(2)16-9)12(14(18)20-4)15-8-10-6-5-7-21-10/h5-7,12,15H,8H2,1-4H3. The molecule has 0 spiro atoms. The molecule has 0 aliphatic rings. The molecule has 6 nitrogen and oxygen atoms in total. The second-order valence-corrected chi connectivity index (χ2v) is 5.58. The van der Waals surface area contributed by atoms with Crippen LogP contribution in [-0.2, 0) is 23.1 Å². The molecule has 0 aliphatic carbocycles. The molecule has 2 aromatic rings. The van der Waals surface area contributed by atoms with E-state index in [4.69, 9.17) is 9.47 Å². The Morgan fingerprint density at radius 3 is 2.86 bits per heavy atom. The highest BCUT2D eigenvalue weighted by Crippen LogP contribution is 2.29. The maximum absolute atomic E-state index is 12.1. The normalized spacial score (nSPS) is 12.2. The molecule has 2 heterocycles. The maximum Gasteiger partial charge on any atom is 0.327 e. The Morgan fingerprint density at radius 2 is 2.29 bits per heavy atom. The maximum atomic E-state index is 12.1. The van der Waals surface area contributed by atoms with Crippen molar-refractivity contribution in [2.24, 2.45) is 7.05 Å². The van der Waals surface area contributed by atoms with Crippen LogP contribution >= 0.6 is 11.3 Å². The molecule has 0 amide bonds. The predicted octanol–water partition coefficient (Wildman–Crippen LogP) is 1.80. The monoisotopic (exact) mass is 309 g/mol. The topological polar surface area (TPSA) is 65.4 Å². The fourth-order valence-corrected chi connectivity index (χ4v) is 2.92. The minimum Gasteiger partial charge on any atom is -0.481 e. The van der Waals surface area contributed by atoms with Crippen molar-refractivity contribution in [2.45, 2.75) is 19.5 Å². The van der Waals surface area contributed by atoms with Crippen molar-refractivity contribution in [1.29, 1.82) is 0 Å². The number of hydrogen-bond donors (Lipinski definition) is 1. The Kier molecular flexibility index (Phi) is 4.98. The van der Waals surface area contributed by atoms with Crippen LogP contribution in [-0.4, -0.2) is 30.0 Å². The predicted molar refractivity (Wildman–Crippen MR) is 80.4 cm³/mol. The van der Waals surface area contributed by atoms with Crippen molar-refractivity contribution in [2.75, 3.05) is 14.2 Å². The molecule has 2 aromatic heterocycles. The first-order valence-electron chi connectivity index (χ1n) is 6.49. The number of nitrogens with one attached hydrogen (secondary N) is 1. The molecule has 0 aromatic carbocycles. The average molecular weight is 309 g/mol. The third kappa shape index (κ3) is 3.25. The van der Waals surface area contributed by atoms with E-state index in [1.54, 1.807) is 30.2 Å². The highest BCUT2D eigenvalue weighted by Gasteiger charge is 2.29. The lowest BCUT2D eigenvalue weighted by molar-refractivity contribution is -0.143. The van der Waals surface area contributed by atoms with Gasteiger partial charge < -0.3 is 9.47 Å². The molecule has 114 valence electrons. The summed E-state index contributed by atoms with van der Waals surface area (Å²) in [5, 5.41) is 9.53. The SMILES string of the molecule is COC(=O)C(NCc1cccs1)c1c(C)nn(C)c1OC. The van der Waals surface area contributed by atoms with Crippen LogP contribution in [0.3, 0.4) is 0 Å². The van der Waals surface area contributed by atoms with Crippen LogP contribution in [0.25, 0.3) is 0 Å². The fourth-order valence-electron chi connectivity index (χ4n) is 2.26. The highest BCUT2D eigenvalue weighted by atomic mass is 32.1. The lowest BCUT2D eigenvalue weighted by Gasteiger charge is -2.17. The molecule has 2 rings (SSSR count). The minimum atomic E-state index is -0.610. The summed E-state index contributed by atoms with van der Waals surface area (Å²) in [7, 11) is 4.72. The Labute approximate surface area is 127 Å². The molecule has 0 saturated carbocycles. The summed E-state index contributed by atoms with van der Waals surface area (Å²) in [6, 6.07) is 3.38. The third-order valence-corrected chi connectivity index (χ3v) is 4.07. The van der Waals surface area contributed by atoms with Gasteiger partial charge in [0.05, 0.1) is 25.5 Å². The van der Waals surface area contributed by atoms with Gasteiger partial charge in [-0.1, -0.05) is 6.07 Å². The van der Waals surface area contributed by atoms with Crippen LogP contribution in [0.2, 0.25) is 0 Å². The molecule has 1 atom stereocenters. The van der Waals surface area contributed by atoms with Crippen LogP contribution in [0.15, 0.2) is 17.5 Å². The van der Waals surface area contributed by atoms with Gasteiger partial charge in [-0.05, 0) is 18.4 Å². The van der Waals surface area contributed by atoms with Gasteiger partial charge in [0.15, 0.2) is 0 Å². The van der Waals surface area contributed by atoms with E-state index in [9.17, 15) is 4.79 Å². The number of aromatic nitrogens is 2. The quantitative estimate of drug-likeness (QED) is 0.824. The van der Waals surface area contributed by atoms with Gasteiger partial charge in [0.1, 0.15) is 6.04 Å². The Bertz CT molecular complexity index is 607.